The highest BCUT2D eigenvalue weighted by Crippen LogP contribution is 2.23. The SMILES string of the molecule is CC(C)[C@H](N)C(=O)Nc1ccc(C#N)cc1Br. The molecule has 4 nitrogen and oxygen atoms in total. The number of rotatable bonds is 3. The molecule has 0 fully saturated rings. The van der Waals surface area contributed by atoms with Crippen LogP contribution in [0.25, 0.3) is 0 Å². The predicted octanol–water partition coefficient (Wildman–Crippen LogP) is 2.24. The van der Waals surface area contributed by atoms with E-state index in [9.17, 15) is 4.79 Å². The molecule has 1 aromatic carbocycles. The molecular weight excluding hydrogens is 282 g/mol. The summed E-state index contributed by atoms with van der Waals surface area (Å²) in [6.07, 6.45) is 0. The largest absolute Gasteiger partial charge is 0.324 e. The van der Waals surface area contributed by atoms with Crippen molar-refractivity contribution >= 4 is 27.5 Å². The Morgan fingerprint density at radius 1 is 1.53 bits per heavy atom. The molecule has 0 aliphatic carbocycles. The van der Waals surface area contributed by atoms with Crippen molar-refractivity contribution in [2.24, 2.45) is 11.7 Å². The van der Waals surface area contributed by atoms with Gasteiger partial charge in [-0.2, -0.15) is 5.26 Å². The monoisotopic (exact) mass is 295 g/mol. The lowest BCUT2D eigenvalue weighted by atomic mass is 10.0. The van der Waals surface area contributed by atoms with Crippen LogP contribution in [0.2, 0.25) is 0 Å². The molecule has 17 heavy (non-hydrogen) atoms. The second-order valence-electron chi connectivity index (χ2n) is 4.07. The molecule has 90 valence electrons. The number of hydrogen-bond acceptors (Lipinski definition) is 3. The molecule has 0 heterocycles. The Kier molecular flexibility index (Phi) is 4.67. The zero-order chi connectivity index (χ0) is 13.0. The summed E-state index contributed by atoms with van der Waals surface area (Å²) in [5, 5.41) is 11.4. The Balaban J connectivity index is 2.83. The van der Waals surface area contributed by atoms with Gasteiger partial charge in [0.2, 0.25) is 5.91 Å². The first-order chi connectivity index (χ1) is 7.95. The second-order valence-corrected chi connectivity index (χ2v) is 4.92. The third-order valence-electron chi connectivity index (χ3n) is 2.38. The molecule has 0 saturated carbocycles. The molecule has 3 N–H and O–H groups in total. The first-order valence-electron chi connectivity index (χ1n) is 5.21. The van der Waals surface area contributed by atoms with E-state index < -0.39 is 6.04 Å². The highest BCUT2D eigenvalue weighted by atomic mass is 79.9. The fourth-order valence-electron chi connectivity index (χ4n) is 1.20. The molecule has 0 unspecified atom stereocenters. The van der Waals surface area contributed by atoms with Crippen LogP contribution in [0.4, 0.5) is 5.69 Å². The highest BCUT2D eigenvalue weighted by molar-refractivity contribution is 9.10. The fraction of sp³-hybridized carbons (Fsp3) is 0.333. The van der Waals surface area contributed by atoms with Crippen LogP contribution in [0.1, 0.15) is 19.4 Å². The number of halogens is 1. The van der Waals surface area contributed by atoms with Crippen molar-refractivity contribution in [3.8, 4) is 6.07 Å². The summed E-state index contributed by atoms with van der Waals surface area (Å²) < 4.78 is 0.667. The summed E-state index contributed by atoms with van der Waals surface area (Å²) in [5.74, 6) is -0.155. The molecule has 0 spiro atoms. The van der Waals surface area contributed by atoms with E-state index in [0.29, 0.717) is 15.7 Å². The van der Waals surface area contributed by atoms with E-state index in [4.69, 9.17) is 11.0 Å². The van der Waals surface area contributed by atoms with Crippen LogP contribution in [0.3, 0.4) is 0 Å². The Bertz CT molecular complexity index is 465. The van der Waals surface area contributed by atoms with E-state index in [2.05, 4.69) is 21.2 Å². The van der Waals surface area contributed by atoms with Crippen molar-refractivity contribution in [1.29, 1.82) is 5.26 Å². The van der Waals surface area contributed by atoms with Crippen LogP contribution in [-0.2, 0) is 4.79 Å². The lowest BCUT2D eigenvalue weighted by Gasteiger charge is -2.16. The molecule has 0 saturated heterocycles. The van der Waals surface area contributed by atoms with E-state index in [0.717, 1.165) is 0 Å². The van der Waals surface area contributed by atoms with Crippen molar-refractivity contribution < 1.29 is 4.79 Å². The first kappa shape index (κ1) is 13.7. The summed E-state index contributed by atoms with van der Waals surface area (Å²) in [4.78, 5) is 11.7. The third-order valence-corrected chi connectivity index (χ3v) is 3.03. The van der Waals surface area contributed by atoms with Crippen LogP contribution in [0.15, 0.2) is 22.7 Å². The number of nitrogens with one attached hydrogen (secondary N) is 1. The normalized spacial score (nSPS) is 12.0. The molecular formula is C12H14BrN3O. The molecule has 0 aromatic heterocycles. The van der Waals surface area contributed by atoms with Crippen molar-refractivity contribution in [3.05, 3.63) is 28.2 Å². The highest BCUT2D eigenvalue weighted by Gasteiger charge is 2.17. The zero-order valence-electron chi connectivity index (χ0n) is 9.70. The Morgan fingerprint density at radius 2 is 2.18 bits per heavy atom. The minimum absolute atomic E-state index is 0.0761. The fourth-order valence-corrected chi connectivity index (χ4v) is 1.68. The van der Waals surface area contributed by atoms with Gasteiger partial charge in [0.05, 0.1) is 23.4 Å². The van der Waals surface area contributed by atoms with Crippen molar-refractivity contribution in [1.82, 2.24) is 0 Å². The smallest absolute Gasteiger partial charge is 0.241 e. The molecule has 0 aliphatic heterocycles. The van der Waals surface area contributed by atoms with Gasteiger partial charge in [-0.05, 0) is 40.0 Å². The van der Waals surface area contributed by atoms with Gasteiger partial charge in [-0.3, -0.25) is 4.79 Å². The van der Waals surface area contributed by atoms with Crippen molar-refractivity contribution in [2.75, 3.05) is 5.32 Å². The standard InChI is InChI=1S/C12H14BrN3O/c1-7(2)11(15)12(17)16-10-4-3-8(6-14)5-9(10)13/h3-5,7,11H,15H2,1-2H3,(H,16,17)/t11-/m0/s1. The first-order valence-corrected chi connectivity index (χ1v) is 6.01. The number of nitrogens with two attached hydrogens (primary N) is 1. The van der Waals surface area contributed by atoms with Gasteiger partial charge >= 0.3 is 0 Å². The summed E-state index contributed by atoms with van der Waals surface area (Å²) in [7, 11) is 0. The number of nitrogens with zero attached hydrogens (tertiary/aromatic N) is 1. The summed E-state index contributed by atoms with van der Waals surface area (Å²) >= 11 is 3.30. The number of benzene rings is 1. The molecule has 1 rings (SSSR count). The third kappa shape index (κ3) is 3.55. The second kappa shape index (κ2) is 5.80. The lowest BCUT2D eigenvalue weighted by Crippen LogP contribution is -2.39. The number of anilines is 1. The molecule has 0 bridgehead atoms. The van der Waals surface area contributed by atoms with Gasteiger partial charge < -0.3 is 11.1 Å². The van der Waals surface area contributed by atoms with E-state index in [1.807, 2.05) is 19.9 Å². The van der Waals surface area contributed by atoms with Gasteiger partial charge in [0.15, 0.2) is 0 Å². The maximum absolute atomic E-state index is 11.7. The minimum atomic E-state index is -0.544. The van der Waals surface area contributed by atoms with Crippen LogP contribution in [0.5, 0.6) is 0 Å². The van der Waals surface area contributed by atoms with Crippen LogP contribution in [-0.4, -0.2) is 11.9 Å². The molecule has 0 aliphatic rings. The number of carbonyl (C=O) groups is 1. The lowest BCUT2D eigenvalue weighted by molar-refractivity contribution is -0.118. The van der Waals surface area contributed by atoms with Crippen molar-refractivity contribution in [3.63, 3.8) is 0 Å². The molecule has 5 heteroatoms. The maximum atomic E-state index is 11.7. The predicted molar refractivity (Wildman–Crippen MR) is 70.3 cm³/mol. The van der Waals surface area contributed by atoms with Crippen LogP contribution in [0, 0.1) is 17.2 Å². The van der Waals surface area contributed by atoms with E-state index in [1.54, 1.807) is 18.2 Å². The van der Waals surface area contributed by atoms with Crippen LogP contribution < -0.4 is 11.1 Å². The van der Waals surface area contributed by atoms with Crippen LogP contribution >= 0.6 is 15.9 Å². The van der Waals surface area contributed by atoms with Gasteiger partial charge in [-0.25, -0.2) is 0 Å². The van der Waals surface area contributed by atoms with Gasteiger partial charge in [-0.15, -0.1) is 0 Å². The number of nitriles is 1. The van der Waals surface area contributed by atoms with Gasteiger partial charge in [0.1, 0.15) is 0 Å². The van der Waals surface area contributed by atoms with Gasteiger partial charge in [0, 0.05) is 4.47 Å². The molecule has 0 radical (unpaired) electrons. The Labute approximate surface area is 109 Å². The summed E-state index contributed by atoms with van der Waals surface area (Å²) in [6.45, 7) is 3.77. The molecule has 1 amide bonds. The average molecular weight is 296 g/mol. The van der Waals surface area contributed by atoms with E-state index in [1.165, 1.54) is 0 Å². The van der Waals surface area contributed by atoms with E-state index in [-0.39, 0.29) is 11.8 Å². The number of carbonyl (C=O) groups excluding carboxylic acids is 1. The van der Waals surface area contributed by atoms with Crippen molar-refractivity contribution in [2.45, 2.75) is 19.9 Å². The Morgan fingerprint density at radius 3 is 2.65 bits per heavy atom. The zero-order valence-corrected chi connectivity index (χ0v) is 11.3. The Hall–Kier alpha value is -1.38. The van der Waals surface area contributed by atoms with Gasteiger partial charge in [0.25, 0.3) is 0 Å². The number of hydrogen-bond donors (Lipinski definition) is 2. The summed E-state index contributed by atoms with van der Waals surface area (Å²) in [6, 6.07) is 6.44. The summed E-state index contributed by atoms with van der Waals surface area (Å²) in [5.41, 5.74) is 6.88. The maximum Gasteiger partial charge on any atom is 0.241 e. The van der Waals surface area contributed by atoms with E-state index >= 15 is 0 Å². The van der Waals surface area contributed by atoms with Gasteiger partial charge in [-0.1, -0.05) is 13.8 Å². The quantitative estimate of drug-likeness (QED) is 0.897. The average Bonchev–Trinajstić information content (AvgIpc) is 2.30. The minimum Gasteiger partial charge on any atom is -0.324 e. The molecule has 1 atom stereocenters. The topological polar surface area (TPSA) is 78.9 Å². The molecule has 1 aromatic rings. The number of amides is 1.